The first-order valence-electron chi connectivity index (χ1n) is 23.4. The molecular formula is C45H74O18. The number of hydrogen-bond donors (Lipinski definition) is 9. The van der Waals surface area contributed by atoms with Crippen molar-refractivity contribution in [2.24, 2.45) is 52.3 Å². The lowest BCUT2D eigenvalue weighted by Crippen LogP contribution is -2.64. The van der Waals surface area contributed by atoms with Gasteiger partial charge >= 0.3 is 0 Å². The molecule has 18 nitrogen and oxygen atoms in total. The van der Waals surface area contributed by atoms with Crippen molar-refractivity contribution < 1.29 is 88.6 Å². The van der Waals surface area contributed by atoms with E-state index in [2.05, 4.69) is 20.8 Å². The average Bonchev–Trinajstić information content (AvgIpc) is 3.72. The Labute approximate surface area is 369 Å². The van der Waals surface area contributed by atoms with E-state index in [1.807, 2.05) is 6.92 Å². The first kappa shape index (κ1) is 48.4. The van der Waals surface area contributed by atoms with Gasteiger partial charge in [0.05, 0.1) is 38.1 Å². The Morgan fingerprint density at radius 3 is 2.24 bits per heavy atom. The molecule has 63 heavy (non-hydrogen) atoms. The number of Topliss-reactive ketones (excluding diaryl/α,β-unsaturated/α-hetero) is 1. The molecule has 0 amide bonds. The van der Waals surface area contributed by atoms with Crippen LogP contribution in [0.25, 0.3) is 0 Å². The van der Waals surface area contributed by atoms with E-state index in [1.165, 1.54) is 0 Å². The molecule has 0 bridgehead atoms. The van der Waals surface area contributed by atoms with Gasteiger partial charge in [0.25, 0.3) is 0 Å². The molecule has 0 unspecified atom stereocenters. The zero-order chi connectivity index (χ0) is 45.5. The number of methoxy groups -OCH3 is 1. The molecule has 0 aromatic carbocycles. The number of ketones is 1. The number of rotatable bonds is 12. The molecule has 362 valence electrons. The fourth-order valence-electron chi connectivity index (χ4n) is 14.0. The minimum Gasteiger partial charge on any atom is -0.394 e. The van der Waals surface area contributed by atoms with Gasteiger partial charge in [-0.1, -0.05) is 27.7 Å². The third kappa shape index (κ3) is 8.40. The number of aliphatic hydroxyl groups excluding tert-OH is 9. The van der Waals surface area contributed by atoms with Crippen LogP contribution in [0.4, 0.5) is 0 Å². The Hall–Kier alpha value is -1.01. The van der Waals surface area contributed by atoms with E-state index in [4.69, 9.17) is 37.9 Å². The van der Waals surface area contributed by atoms with Crippen molar-refractivity contribution in [1.29, 1.82) is 0 Å². The van der Waals surface area contributed by atoms with Gasteiger partial charge in [0.15, 0.2) is 24.7 Å². The van der Waals surface area contributed by atoms with Crippen molar-refractivity contribution in [3.05, 3.63) is 0 Å². The number of aliphatic hydroxyl groups is 9. The Morgan fingerprint density at radius 1 is 0.794 bits per heavy atom. The Morgan fingerprint density at radius 2 is 1.52 bits per heavy atom. The summed E-state index contributed by atoms with van der Waals surface area (Å²) in [7, 11) is 1.70. The zero-order valence-electron chi connectivity index (χ0n) is 37.5. The van der Waals surface area contributed by atoms with Crippen LogP contribution in [0.5, 0.6) is 0 Å². The number of ether oxygens (including phenoxy) is 8. The maximum Gasteiger partial charge on any atom is 0.186 e. The lowest BCUT2D eigenvalue weighted by Gasteiger charge is -2.62. The van der Waals surface area contributed by atoms with Crippen molar-refractivity contribution in [2.45, 2.75) is 196 Å². The van der Waals surface area contributed by atoms with Crippen molar-refractivity contribution >= 4 is 5.78 Å². The highest BCUT2D eigenvalue weighted by Gasteiger charge is 2.70. The van der Waals surface area contributed by atoms with Crippen LogP contribution in [-0.2, 0) is 42.7 Å². The van der Waals surface area contributed by atoms with Crippen molar-refractivity contribution in [2.75, 3.05) is 26.9 Å². The van der Waals surface area contributed by atoms with Gasteiger partial charge in [0.1, 0.15) is 66.8 Å². The molecule has 0 spiro atoms. The van der Waals surface area contributed by atoms with Crippen LogP contribution in [0.15, 0.2) is 0 Å². The molecule has 0 aromatic rings. The number of hydrogen-bond acceptors (Lipinski definition) is 18. The molecule has 4 aliphatic heterocycles. The summed E-state index contributed by atoms with van der Waals surface area (Å²) in [6.45, 7) is 9.96. The minimum absolute atomic E-state index is 0.0106. The van der Waals surface area contributed by atoms with Gasteiger partial charge in [-0.3, -0.25) is 4.79 Å². The summed E-state index contributed by atoms with van der Waals surface area (Å²) in [6.07, 6.45) is -13.0. The quantitative estimate of drug-likeness (QED) is 0.114. The predicted octanol–water partition coefficient (Wildman–Crippen LogP) is -0.279. The summed E-state index contributed by atoms with van der Waals surface area (Å²) >= 11 is 0. The molecule has 8 aliphatic rings. The highest BCUT2D eigenvalue weighted by atomic mass is 16.7. The molecule has 9 N–H and O–H groups in total. The second-order valence-corrected chi connectivity index (χ2v) is 21.1. The van der Waals surface area contributed by atoms with Crippen LogP contribution in [-0.4, -0.2) is 183 Å². The summed E-state index contributed by atoms with van der Waals surface area (Å²) in [5.41, 5.74) is -0.298. The van der Waals surface area contributed by atoms with Crippen LogP contribution in [0, 0.1) is 52.3 Å². The monoisotopic (exact) mass is 902 g/mol. The van der Waals surface area contributed by atoms with Crippen molar-refractivity contribution in [1.82, 2.24) is 0 Å². The van der Waals surface area contributed by atoms with Gasteiger partial charge in [0.2, 0.25) is 0 Å². The summed E-state index contributed by atoms with van der Waals surface area (Å²) < 4.78 is 49.1. The maximum absolute atomic E-state index is 13.2. The fourth-order valence-corrected chi connectivity index (χ4v) is 14.0. The third-order valence-electron chi connectivity index (χ3n) is 17.7. The average molecular weight is 903 g/mol. The van der Waals surface area contributed by atoms with Gasteiger partial charge in [-0.25, -0.2) is 0 Å². The second-order valence-electron chi connectivity index (χ2n) is 21.1. The second kappa shape index (κ2) is 18.5. The SMILES string of the molecule is CO[C@]1(CC[C@@H](C)CO[C@@H]2O[C@H](CO)[C@@H](O)[C@H](O)[C@H]2O)O[C@H]2C[C@H]3[C@@H]4C[C@H](O[C@@H]5O[C@H](C)[C@@H](O)[C@H](O[C@@H]6OC[C@@H](O)[C@H](O)[C@H]6O)[C@H]5O)[C@H]5CC(=O)CC[C@]5(C)[C@H]4CC[C@]3(C)[C@H]2[C@@H]1C. The molecule has 8 rings (SSSR count). The summed E-state index contributed by atoms with van der Waals surface area (Å²) in [6, 6.07) is 0. The molecule has 0 aromatic heterocycles. The Bertz CT molecular complexity index is 1590. The lowest BCUT2D eigenvalue weighted by atomic mass is 9.43. The summed E-state index contributed by atoms with van der Waals surface area (Å²) in [5, 5.41) is 94.0. The summed E-state index contributed by atoms with van der Waals surface area (Å²) in [5.74, 6) is 0.356. The van der Waals surface area contributed by atoms with Gasteiger partial charge in [-0.05, 0) is 91.8 Å². The minimum atomic E-state index is -1.63. The molecule has 4 aliphatic carbocycles. The predicted molar refractivity (Wildman–Crippen MR) is 217 cm³/mol. The van der Waals surface area contributed by atoms with Gasteiger partial charge in [-0.15, -0.1) is 0 Å². The largest absolute Gasteiger partial charge is 0.394 e. The number of carbonyl (C=O) groups is 1. The van der Waals surface area contributed by atoms with Gasteiger partial charge in [0, 0.05) is 32.3 Å². The molecular weight excluding hydrogens is 828 g/mol. The molecule has 26 atom stereocenters. The molecule has 18 heteroatoms. The third-order valence-corrected chi connectivity index (χ3v) is 17.7. The van der Waals surface area contributed by atoms with Crippen LogP contribution in [0.2, 0.25) is 0 Å². The van der Waals surface area contributed by atoms with Gasteiger partial charge in [-0.2, -0.15) is 0 Å². The van der Waals surface area contributed by atoms with E-state index in [9.17, 15) is 50.8 Å². The highest BCUT2D eigenvalue weighted by molar-refractivity contribution is 5.79. The number of fused-ring (bicyclic) bond motifs is 7. The smallest absolute Gasteiger partial charge is 0.186 e. The van der Waals surface area contributed by atoms with Crippen LogP contribution >= 0.6 is 0 Å². The standard InChI is InChI=1S/C45H74O18/c1-19(17-57-40-37(54)35(52)34(51)30(16-46)61-40)7-12-45(56-6)20(2)31-29(63-45)15-25-23-14-28(26-13-22(47)8-10-43(26,4)24(23)9-11-44(25,31)5)60-42-38(55)39(32(49)21(3)59-42)62-41-36(53)33(50)27(48)18-58-41/h19-21,23-42,46,48-55H,7-18H2,1-6H3/t19-,20+,21-,23-,24+,25+,26-,27-,28+,29+,30-,31+,32-,33+,34-,35+,36-,37-,38-,39+,40-,41+,42+,43-,44+,45-/m1/s1. The van der Waals surface area contributed by atoms with E-state index < -0.39 is 105 Å². The molecule has 4 saturated carbocycles. The normalized spacial score (nSPS) is 55.1. The molecule has 0 radical (unpaired) electrons. The van der Waals surface area contributed by atoms with E-state index in [0.29, 0.717) is 38.0 Å². The molecule has 8 fully saturated rings. The van der Waals surface area contributed by atoms with E-state index in [0.717, 1.165) is 25.7 Å². The van der Waals surface area contributed by atoms with E-state index in [-0.39, 0.29) is 71.4 Å². The topological polar surface area (TPSA) is 273 Å². The van der Waals surface area contributed by atoms with Crippen molar-refractivity contribution in [3.8, 4) is 0 Å². The maximum atomic E-state index is 13.2. The first-order chi connectivity index (χ1) is 29.8. The zero-order valence-corrected chi connectivity index (χ0v) is 37.5. The van der Waals surface area contributed by atoms with Crippen molar-refractivity contribution in [3.63, 3.8) is 0 Å². The highest BCUT2D eigenvalue weighted by Crippen LogP contribution is 2.71. The summed E-state index contributed by atoms with van der Waals surface area (Å²) in [4.78, 5) is 13.2. The molecule has 4 saturated heterocycles. The Kier molecular flexibility index (Phi) is 14.2. The van der Waals surface area contributed by atoms with E-state index in [1.54, 1.807) is 14.0 Å². The lowest BCUT2D eigenvalue weighted by molar-refractivity contribution is -0.356. The first-order valence-corrected chi connectivity index (χ1v) is 23.4. The van der Waals surface area contributed by atoms with Crippen LogP contribution in [0.3, 0.4) is 0 Å². The van der Waals surface area contributed by atoms with Crippen LogP contribution in [0.1, 0.15) is 92.4 Å². The van der Waals surface area contributed by atoms with Gasteiger partial charge < -0.3 is 83.9 Å². The molecule has 4 heterocycles. The van der Waals surface area contributed by atoms with Crippen LogP contribution < -0.4 is 0 Å². The number of carbonyl (C=O) groups excluding carboxylic acids is 1. The van der Waals surface area contributed by atoms with E-state index >= 15 is 0 Å². The Balaban J connectivity index is 0.955. The fraction of sp³-hybridized carbons (Fsp3) is 0.978.